The molecule has 1 aromatic carbocycles. The van der Waals surface area contributed by atoms with Gasteiger partial charge in [0.2, 0.25) is 5.75 Å². The molecule has 1 rings (SSSR count). The first kappa shape index (κ1) is 15.4. The van der Waals surface area contributed by atoms with Gasteiger partial charge in [-0.25, -0.2) is 0 Å². The molecule has 1 unspecified atom stereocenters. The summed E-state index contributed by atoms with van der Waals surface area (Å²) in [6.45, 7) is 3.70. The Morgan fingerprint density at radius 3 is 2.11 bits per heavy atom. The zero-order valence-electron chi connectivity index (χ0n) is 12.2. The fourth-order valence-corrected chi connectivity index (χ4v) is 1.76. The quantitative estimate of drug-likeness (QED) is 0.756. The van der Waals surface area contributed by atoms with Crippen LogP contribution in [0, 0.1) is 5.92 Å². The maximum atomic E-state index is 5.60. The molecule has 5 heteroatoms. The molecule has 0 radical (unpaired) electrons. The van der Waals surface area contributed by atoms with Crippen molar-refractivity contribution in [1.29, 1.82) is 0 Å². The first-order valence-electron chi connectivity index (χ1n) is 6.40. The van der Waals surface area contributed by atoms with Crippen molar-refractivity contribution in [3.8, 4) is 17.2 Å². The minimum Gasteiger partial charge on any atom is -0.493 e. The highest BCUT2D eigenvalue weighted by molar-refractivity contribution is 5.62. The number of hydrogen-bond donors (Lipinski definition) is 2. The van der Waals surface area contributed by atoms with Gasteiger partial charge in [0.15, 0.2) is 11.5 Å². The van der Waals surface area contributed by atoms with E-state index in [0.29, 0.717) is 29.7 Å². The third kappa shape index (κ3) is 4.21. The zero-order chi connectivity index (χ0) is 14.3. The van der Waals surface area contributed by atoms with Gasteiger partial charge in [-0.15, -0.1) is 0 Å². The van der Waals surface area contributed by atoms with E-state index in [1.54, 1.807) is 21.3 Å². The Bertz CT molecular complexity index is 371. The fraction of sp³-hybridized carbons (Fsp3) is 0.571. The smallest absolute Gasteiger partial charge is 0.203 e. The Hall–Kier alpha value is -1.62. The van der Waals surface area contributed by atoms with E-state index in [0.717, 1.165) is 18.7 Å². The SMILES string of the molecule is COc1cc(NCCC(C)CN)cc(OC)c1OC. The predicted molar refractivity (Wildman–Crippen MR) is 77.4 cm³/mol. The van der Waals surface area contributed by atoms with Gasteiger partial charge in [0.1, 0.15) is 0 Å². The van der Waals surface area contributed by atoms with Crippen molar-refractivity contribution in [2.45, 2.75) is 13.3 Å². The van der Waals surface area contributed by atoms with Crippen molar-refractivity contribution < 1.29 is 14.2 Å². The molecule has 0 aliphatic heterocycles. The fourth-order valence-electron chi connectivity index (χ4n) is 1.76. The van der Waals surface area contributed by atoms with Crippen molar-refractivity contribution in [3.63, 3.8) is 0 Å². The number of ether oxygens (including phenoxy) is 3. The molecule has 3 N–H and O–H groups in total. The van der Waals surface area contributed by atoms with Crippen LogP contribution < -0.4 is 25.3 Å². The first-order valence-corrected chi connectivity index (χ1v) is 6.40. The Kier molecular flexibility index (Phi) is 6.29. The van der Waals surface area contributed by atoms with Crippen LogP contribution in [0.15, 0.2) is 12.1 Å². The van der Waals surface area contributed by atoms with Crippen LogP contribution in [0.5, 0.6) is 17.2 Å². The molecule has 1 atom stereocenters. The molecule has 0 aliphatic rings. The molecule has 0 aromatic heterocycles. The van der Waals surface area contributed by atoms with Gasteiger partial charge in [0.05, 0.1) is 21.3 Å². The second kappa shape index (κ2) is 7.74. The lowest BCUT2D eigenvalue weighted by Crippen LogP contribution is -2.15. The third-order valence-electron chi connectivity index (χ3n) is 3.03. The zero-order valence-corrected chi connectivity index (χ0v) is 12.2. The van der Waals surface area contributed by atoms with Gasteiger partial charge >= 0.3 is 0 Å². The highest BCUT2D eigenvalue weighted by atomic mass is 16.5. The van der Waals surface area contributed by atoms with E-state index < -0.39 is 0 Å². The van der Waals surface area contributed by atoms with E-state index in [9.17, 15) is 0 Å². The molecule has 0 bridgehead atoms. The molecule has 108 valence electrons. The molecule has 5 nitrogen and oxygen atoms in total. The molecule has 0 saturated carbocycles. The summed E-state index contributed by atoms with van der Waals surface area (Å²) >= 11 is 0. The largest absolute Gasteiger partial charge is 0.493 e. The number of methoxy groups -OCH3 is 3. The van der Waals surface area contributed by atoms with Crippen molar-refractivity contribution in [1.82, 2.24) is 0 Å². The molecule has 0 heterocycles. The highest BCUT2D eigenvalue weighted by Gasteiger charge is 2.12. The number of hydrogen-bond acceptors (Lipinski definition) is 5. The lowest BCUT2D eigenvalue weighted by Gasteiger charge is -2.15. The molecular formula is C14H24N2O3. The number of anilines is 1. The van der Waals surface area contributed by atoms with Gasteiger partial charge in [-0.1, -0.05) is 6.92 Å². The minimum atomic E-state index is 0.509. The molecule has 0 fully saturated rings. The van der Waals surface area contributed by atoms with Crippen molar-refractivity contribution in [2.75, 3.05) is 39.7 Å². The summed E-state index contributed by atoms with van der Waals surface area (Å²) < 4.78 is 15.9. The van der Waals surface area contributed by atoms with Crippen LogP contribution in [0.1, 0.15) is 13.3 Å². The van der Waals surface area contributed by atoms with Gasteiger partial charge < -0.3 is 25.3 Å². The summed E-state index contributed by atoms with van der Waals surface area (Å²) in [5.41, 5.74) is 6.54. The number of benzene rings is 1. The molecule has 19 heavy (non-hydrogen) atoms. The van der Waals surface area contributed by atoms with E-state index in [1.165, 1.54) is 0 Å². The number of nitrogens with two attached hydrogens (primary N) is 1. The normalized spacial score (nSPS) is 11.8. The van der Waals surface area contributed by atoms with E-state index in [1.807, 2.05) is 12.1 Å². The van der Waals surface area contributed by atoms with Crippen molar-refractivity contribution in [2.24, 2.45) is 11.7 Å². The second-order valence-electron chi connectivity index (χ2n) is 4.47. The average Bonchev–Trinajstić information content (AvgIpc) is 2.45. The van der Waals surface area contributed by atoms with Crippen molar-refractivity contribution >= 4 is 5.69 Å². The van der Waals surface area contributed by atoms with Crippen LogP contribution in [-0.4, -0.2) is 34.4 Å². The Labute approximate surface area is 115 Å². The Morgan fingerprint density at radius 2 is 1.68 bits per heavy atom. The summed E-state index contributed by atoms with van der Waals surface area (Å²) in [4.78, 5) is 0. The van der Waals surface area contributed by atoms with Crippen molar-refractivity contribution in [3.05, 3.63) is 12.1 Å². The molecular weight excluding hydrogens is 244 g/mol. The maximum absolute atomic E-state index is 5.60. The number of nitrogens with one attached hydrogen (secondary N) is 1. The van der Waals surface area contributed by atoms with Gasteiger partial charge in [0, 0.05) is 24.4 Å². The van der Waals surface area contributed by atoms with Crippen LogP contribution in [0.2, 0.25) is 0 Å². The lowest BCUT2D eigenvalue weighted by molar-refractivity contribution is 0.324. The van der Waals surface area contributed by atoms with E-state index in [2.05, 4.69) is 12.2 Å². The molecule has 1 aromatic rings. The van der Waals surface area contributed by atoms with Crippen LogP contribution in [0.3, 0.4) is 0 Å². The van der Waals surface area contributed by atoms with Crippen LogP contribution in [0.25, 0.3) is 0 Å². The minimum absolute atomic E-state index is 0.509. The van der Waals surface area contributed by atoms with Crippen LogP contribution >= 0.6 is 0 Å². The van der Waals surface area contributed by atoms with Gasteiger partial charge in [-0.05, 0) is 18.9 Å². The topological polar surface area (TPSA) is 65.7 Å². The Morgan fingerprint density at radius 1 is 1.11 bits per heavy atom. The molecule has 0 amide bonds. The summed E-state index contributed by atoms with van der Waals surface area (Å²) in [5.74, 6) is 2.41. The average molecular weight is 268 g/mol. The van der Waals surface area contributed by atoms with E-state index in [-0.39, 0.29) is 0 Å². The van der Waals surface area contributed by atoms with Gasteiger partial charge in [0.25, 0.3) is 0 Å². The van der Waals surface area contributed by atoms with Crippen LogP contribution in [0.4, 0.5) is 5.69 Å². The molecule has 0 spiro atoms. The third-order valence-corrected chi connectivity index (χ3v) is 3.03. The lowest BCUT2D eigenvalue weighted by atomic mass is 10.1. The summed E-state index contributed by atoms with van der Waals surface area (Å²) in [6, 6.07) is 3.79. The monoisotopic (exact) mass is 268 g/mol. The predicted octanol–water partition coefficient (Wildman–Crippen LogP) is 2.11. The highest BCUT2D eigenvalue weighted by Crippen LogP contribution is 2.39. The standard InChI is InChI=1S/C14H24N2O3/c1-10(9-15)5-6-16-11-7-12(17-2)14(19-4)13(8-11)18-3/h7-8,10,16H,5-6,9,15H2,1-4H3. The summed E-state index contributed by atoms with van der Waals surface area (Å²) in [6.07, 6.45) is 1.02. The summed E-state index contributed by atoms with van der Waals surface area (Å²) in [7, 11) is 4.81. The molecule has 0 aliphatic carbocycles. The van der Waals surface area contributed by atoms with E-state index >= 15 is 0 Å². The first-order chi connectivity index (χ1) is 9.15. The summed E-state index contributed by atoms with van der Waals surface area (Å²) in [5, 5.41) is 3.34. The van der Waals surface area contributed by atoms with E-state index in [4.69, 9.17) is 19.9 Å². The maximum Gasteiger partial charge on any atom is 0.203 e. The molecule has 0 saturated heterocycles. The van der Waals surface area contributed by atoms with Gasteiger partial charge in [-0.3, -0.25) is 0 Å². The van der Waals surface area contributed by atoms with Gasteiger partial charge in [-0.2, -0.15) is 0 Å². The second-order valence-corrected chi connectivity index (χ2v) is 4.47. The number of rotatable bonds is 8. The Balaban J connectivity index is 2.79. The van der Waals surface area contributed by atoms with Crippen LogP contribution in [-0.2, 0) is 0 Å².